The molecule has 0 aliphatic rings. The number of aromatic amines is 1. The molecule has 4 N–H and O–H groups in total. The van der Waals surface area contributed by atoms with Crippen molar-refractivity contribution in [1.82, 2.24) is 4.98 Å². The molecule has 0 saturated carbocycles. The normalized spacial score (nSPS) is 16.5. The van der Waals surface area contributed by atoms with E-state index in [1.54, 1.807) is 18.2 Å². The summed E-state index contributed by atoms with van der Waals surface area (Å²) in [5, 5.41) is 29.7. The predicted octanol–water partition coefficient (Wildman–Crippen LogP) is 0.656. The monoisotopic (exact) mass is 435 g/mol. The molecule has 2 aromatic rings. The van der Waals surface area contributed by atoms with Gasteiger partial charge in [0, 0.05) is 17.0 Å². The smallest absolute Gasteiger partial charge is 0.336 e. The van der Waals surface area contributed by atoms with E-state index >= 15 is 0 Å². The van der Waals surface area contributed by atoms with Crippen molar-refractivity contribution in [1.29, 1.82) is 0 Å². The van der Waals surface area contributed by atoms with E-state index in [0.717, 1.165) is 10.9 Å². The van der Waals surface area contributed by atoms with Crippen molar-refractivity contribution >= 4 is 46.2 Å². The van der Waals surface area contributed by atoms with Gasteiger partial charge in [-0.1, -0.05) is 18.2 Å². The largest absolute Gasteiger partial charge is 0.479 e. The van der Waals surface area contributed by atoms with Crippen LogP contribution in [0.2, 0.25) is 0 Å². The van der Waals surface area contributed by atoms with E-state index in [2.05, 4.69) is 8.05 Å². The minimum atomic E-state index is -1.77. The van der Waals surface area contributed by atoms with Gasteiger partial charge in [-0.15, -0.1) is 0 Å². The van der Waals surface area contributed by atoms with E-state index < -0.39 is 30.4 Å². The number of ether oxygens (including phenoxy) is 1. The second-order valence-corrected chi connectivity index (χ2v) is 5.28. The summed E-state index contributed by atoms with van der Waals surface area (Å²) >= 11 is 1.32. The zero-order chi connectivity index (χ0) is 17.0. The van der Waals surface area contributed by atoms with E-state index in [1.165, 1.54) is 23.0 Å². The highest BCUT2D eigenvalue weighted by Gasteiger charge is 2.39. The molecule has 8 nitrogen and oxygen atoms in total. The van der Waals surface area contributed by atoms with E-state index in [0.29, 0.717) is 0 Å². The van der Waals surface area contributed by atoms with Gasteiger partial charge in [0.1, 0.15) is 35.2 Å². The molecule has 124 valence electrons. The van der Waals surface area contributed by atoms with Crippen molar-refractivity contribution in [3.05, 3.63) is 30.3 Å². The van der Waals surface area contributed by atoms with Crippen molar-refractivity contribution < 1.29 is 32.7 Å². The first-order valence-corrected chi connectivity index (χ1v) is 7.42. The summed E-state index contributed by atoms with van der Waals surface area (Å²) in [5.74, 6) is -1.27. The molecule has 4 atom stereocenters. The molecule has 9 heteroatoms. The quantitative estimate of drug-likeness (QED) is 0.354. The number of aromatic nitrogens is 1. The lowest BCUT2D eigenvalue weighted by Gasteiger charge is -2.27. The molecule has 1 heterocycles. The highest BCUT2D eigenvalue weighted by atomic mass is 127. The Balaban J connectivity index is 2.27. The number of para-hydroxylation sites is 1. The van der Waals surface area contributed by atoms with E-state index in [9.17, 15) is 19.8 Å². The van der Waals surface area contributed by atoms with Gasteiger partial charge in [0.25, 0.3) is 0 Å². The van der Waals surface area contributed by atoms with Crippen molar-refractivity contribution in [2.24, 2.45) is 0 Å². The molecule has 2 rings (SSSR count). The minimum Gasteiger partial charge on any atom is -0.479 e. The van der Waals surface area contributed by atoms with Gasteiger partial charge in [0.2, 0.25) is 0 Å². The first kappa shape index (κ1) is 17.7. The third kappa shape index (κ3) is 3.99. The lowest BCUT2D eigenvalue weighted by molar-refractivity contribution is -0.156. The van der Waals surface area contributed by atoms with Crippen molar-refractivity contribution in [3.8, 4) is 5.88 Å². The van der Waals surface area contributed by atoms with Gasteiger partial charge < -0.3 is 29.8 Å². The third-order valence-corrected chi connectivity index (χ3v) is 3.78. The number of aliphatic carboxylic acids is 1. The number of aliphatic hydroxyl groups is 2. The number of H-pyrrole nitrogens is 1. The molecule has 1 aromatic heterocycles. The second-order valence-electron chi connectivity index (χ2n) is 4.77. The summed E-state index contributed by atoms with van der Waals surface area (Å²) in [7, 11) is 0. The number of hydrogen-bond donors (Lipinski definition) is 4. The Bertz CT molecular complexity index is 656. The summed E-state index contributed by atoms with van der Waals surface area (Å²) in [6.07, 6.45) is -6.53. The average molecular weight is 435 g/mol. The molecule has 0 amide bonds. The lowest BCUT2D eigenvalue weighted by Crippen LogP contribution is -2.51. The average Bonchev–Trinajstić information content (AvgIpc) is 2.94. The number of nitrogens with one attached hydrogen (secondary N) is 1. The van der Waals surface area contributed by atoms with E-state index in [1.807, 2.05) is 12.1 Å². The van der Waals surface area contributed by atoms with E-state index in [-0.39, 0.29) is 12.2 Å². The third-order valence-electron chi connectivity index (χ3n) is 3.23. The van der Waals surface area contributed by atoms with Crippen LogP contribution in [0.3, 0.4) is 0 Å². The van der Waals surface area contributed by atoms with Crippen molar-refractivity contribution in [3.63, 3.8) is 0 Å². The van der Waals surface area contributed by atoms with Gasteiger partial charge in [0.05, 0.1) is 0 Å². The molecule has 0 bridgehead atoms. The minimum absolute atomic E-state index is 0.155. The Morgan fingerprint density at radius 2 is 2.00 bits per heavy atom. The highest BCUT2D eigenvalue weighted by Crippen LogP contribution is 2.23. The number of fused-ring (bicyclic) bond motifs is 1. The predicted molar refractivity (Wildman–Crippen MR) is 87.3 cm³/mol. The van der Waals surface area contributed by atoms with Crippen LogP contribution >= 0.6 is 23.0 Å². The number of aldehydes is 1. The molecule has 23 heavy (non-hydrogen) atoms. The number of halogens is 1. The number of carboxylic acids is 1. The van der Waals surface area contributed by atoms with E-state index in [4.69, 9.17) is 9.84 Å². The second kappa shape index (κ2) is 7.73. The van der Waals surface area contributed by atoms with Gasteiger partial charge >= 0.3 is 5.97 Å². The lowest BCUT2D eigenvalue weighted by atomic mass is 10.0. The Hall–Kier alpha value is -1.69. The van der Waals surface area contributed by atoms with Crippen LogP contribution in [-0.4, -0.2) is 57.0 Å². The standard InChI is InChI=1S/C14H14INO7/c15-23-13(14(20)21)11(19)12(9(18)6-17)22-10-5-7-3-1-2-4-8(7)16-10/h1-6,9,11-13,16,18-19H,(H,20,21)/t9-,11-,12+,13-/m0/s1. The Morgan fingerprint density at radius 3 is 2.57 bits per heavy atom. The van der Waals surface area contributed by atoms with Crippen LogP contribution in [0.15, 0.2) is 30.3 Å². The van der Waals surface area contributed by atoms with Gasteiger partial charge in [-0.2, -0.15) is 0 Å². The molecule has 0 aliphatic carbocycles. The molecule has 0 unspecified atom stereocenters. The number of carbonyl (C=O) groups excluding carboxylic acids is 1. The summed E-state index contributed by atoms with van der Waals surface area (Å²) in [4.78, 5) is 24.8. The number of benzene rings is 1. The SMILES string of the molecule is O=C[C@H](O)[C@@H](Oc1cc2ccccc2[nH]1)[C@H](O)[C@H](OI)C(=O)O. The maximum absolute atomic E-state index is 11.1. The maximum Gasteiger partial charge on any atom is 0.336 e. The van der Waals surface area contributed by atoms with Gasteiger partial charge in [-0.05, 0) is 6.07 Å². The van der Waals surface area contributed by atoms with Gasteiger partial charge in [-0.3, -0.25) is 3.07 Å². The Kier molecular flexibility index (Phi) is 5.93. The fraction of sp³-hybridized carbons (Fsp3) is 0.286. The first-order valence-electron chi connectivity index (χ1n) is 6.54. The maximum atomic E-state index is 11.1. The van der Waals surface area contributed by atoms with Crippen molar-refractivity contribution in [2.75, 3.05) is 0 Å². The first-order chi connectivity index (χ1) is 11.0. The van der Waals surface area contributed by atoms with Crippen LogP contribution in [0, 0.1) is 0 Å². The molecule has 1 aromatic carbocycles. The number of hydrogen-bond acceptors (Lipinski definition) is 6. The van der Waals surface area contributed by atoms with Gasteiger partial charge in [0.15, 0.2) is 24.4 Å². The van der Waals surface area contributed by atoms with Crippen molar-refractivity contribution in [2.45, 2.75) is 24.4 Å². The molecule has 0 aliphatic heterocycles. The van der Waals surface area contributed by atoms with Crippen LogP contribution in [0.1, 0.15) is 0 Å². The summed E-state index contributed by atoms with van der Waals surface area (Å²) in [6.45, 7) is 0. The fourth-order valence-electron chi connectivity index (χ4n) is 2.08. The summed E-state index contributed by atoms with van der Waals surface area (Å²) in [5.41, 5.74) is 0.747. The zero-order valence-corrected chi connectivity index (χ0v) is 13.8. The van der Waals surface area contributed by atoms with Crippen LogP contribution in [0.25, 0.3) is 10.9 Å². The highest BCUT2D eigenvalue weighted by molar-refractivity contribution is 14.1. The summed E-state index contributed by atoms with van der Waals surface area (Å²) < 4.78 is 10.1. The van der Waals surface area contributed by atoms with Crippen LogP contribution < -0.4 is 4.74 Å². The van der Waals surface area contributed by atoms with Crippen LogP contribution in [0.5, 0.6) is 5.88 Å². The molecule has 0 spiro atoms. The number of carboxylic acid groups (broad SMARTS) is 1. The number of rotatable bonds is 8. The number of aliphatic hydroxyl groups excluding tert-OH is 2. The fourth-order valence-corrected chi connectivity index (χ4v) is 2.60. The number of carbonyl (C=O) groups is 2. The molecular weight excluding hydrogens is 421 g/mol. The molecular formula is C14H14INO7. The van der Waals surface area contributed by atoms with Gasteiger partial charge in [-0.25, -0.2) is 4.79 Å². The van der Waals surface area contributed by atoms with Crippen LogP contribution in [0.4, 0.5) is 0 Å². The van der Waals surface area contributed by atoms with Crippen LogP contribution in [-0.2, 0) is 12.7 Å². The molecule has 0 saturated heterocycles. The summed E-state index contributed by atoms with van der Waals surface area (Å²) in [6, 6.07) is 8.83. The Morgan fingerprint density at radius 1 is 1.30 bits per heavy atom. The Labute approximate surface area is 144 Å². The zero-order valence-electron chi connectivity index (χ0n) is 11.6. The topological polar surface area (TPSA) is 129 Å². The molecule has 0 fully saturated rings. The molecule has 0 radical (unpaired) electrons.